The molecule has 38 valence electrons. The Morgan fingerprint density at radius 3 is 2.62 bits per heavy atom. The van der Waals surface area contributed by atoms with Crippen molar-refractivity contribution in [3.05, 3.63) is 10.8 Å². The van der Waals surface area contributed by atoms with Crippen molar-refractivity contribution in [2.75, 3.05) is 0 Å². The first-order valence-corrected chi connectivity index (χ1v) is 3.75. The Kier molecular flexibility index (Phi) is 1.82. The average Bonchev–Trinajstić information content (AvgIpc) is 2.14. The summed E-state index contributed by atoms with van der Waals surface area (Å²) in [6, 6.07) is 0. The number of thiophene rings is 1. The molecule has 8 heavy (non-hydrogen) atoms. The van der Waals surface area contributed by atoms with Crippen LogP contribution in [0.1, 0.15) is 0 Å². The van der Waals surface area contributed by atoms with E-state index in [9.17, 15) is 4.57 Å². The predicted molar refractivity (Wildman–Crippen MR) is 36.9 cm³/mol. The summed E-state index contributed by atoms with van der Waals surface area (Å²) in [7, 11) is 5.37. The molecule has 1 aromatic rings. The molecule has 1 nitrogen and oxygen atoms in total. The molecule has 0 aromatic carbocycles. The molecule has 0 N–H and O–H groups in total. The Hall–Kier alpha value is -0.135. The summed E-state index contributed by atoms with van der Waals surface area (Å²) in [5, 5.41) is 4.22. The van der Waals surface area contributed by atoms with Gasteiger partial charge in [0.05, 0.1) is 0 Å². The maximum atomic E-state index is 10.1. The molecule has 1 rings (SSSR count). The van der Waals surface area contributed by atoms with Gasteiger partial charge < -0.3 is 0 Å². The zero-order chi connectivity index (χ0) is 5.98. The smallest absolute Gasteiger partial charge is 0.192 e. The van der Waals surface area contributed by atoms with Crippen LogP contribution < -0.4 is 10.8 Å². The fourth-order valence-electron chi connectivity index (χ4n) is 0.374. The van der Waals surface area contributed by atoms with E-state index in [-0.39, 0.29) is 8.46 Å². The van der Waals surface area contributed by atoms with Crippen LogP contribution in [0.2, 0.25) is 0 Å². The van der Waals surface area contributed by atoms with E-state index < -0.39 is 0 Å². The normalized spacial score (nSPS) is 10.0. The van der Waals surface area contributed by atoms with Crippen molar-refractivity contribution >= 4 is 38.4 Å². The van der Waals surface area contributed by atoms with Crippen LogP contribution in [0.5, 0.6) is 0 Å². The molecule has 0 amide bonds. The summed E-state index contributed by atoms with van der Waals surface area (Å²) in [4.78, 5) is 0. The lowest BCUT2D eigenvalue weighted by molar-refractivity contribution is 0.603. The molecule has 0 bridgehead atoms. The molecular weight excluding hydrogens is 138 g/mol. The molecule has 2 radical (unpaired) electrons. The standard InChI is InChI=1S/C4H2BOPS/c5-3-1-8-2-4(3)7-6/h1-2H. The monoisotopic (exact) mass is 140 g/mol. The first kappa shape index (κ1) is 5.99. The van der Waals surface area contributed by atoms with Crippen molar-refractivity contribution in [1.29, 1.82) is 0 Å². The lowest BCUT2D eigenvalue weighted by atomic mass is 10.0. The second kappa shape index (κ2) is 2.43. The Morgan fingerprint density at radius 1 is 1.62 bits per heavy atom. The molecular formula is C4H2BOPS. The maximum Gasteiger partial charge on any atom is 0.192 e. The van der Waals surface area contributed by atoms with E-state index in [1.165, 1.54) is 11.3 Å². The van der Waals surface area contributed by atoms with Crippen molar-refractivity contribution < 1.29 is 4.57 Å². The summed E-state index contributed by atoms with van der Waals surface area (Å²) in [6.45, 7) is 0. The fraction of sp³-hybridized carbons (Fsp3) is 0. The van der Waals surface area contributed by atoms with E-state index in [4.69, 9.17) is 7.85 Å². The van der Waals surface area contributed by atoms with Gasteiger partial charge in [-0.2, -0.15) is 11.3 Å². The van der Waals surface area contributed by atoms with Crippen LogP contribution in [0, 0.1) is 0 Å². The topological polar surface area (TPSA) is 17.1 Å². The minimum Gasteiger partial charge on any atom is -0.269 e. The van der Waals surface area contributed by atoms with Gasteiger partial charge in [-0.3, -0.25) is 4.57 Å². The molecule has 1 aromatic heterocycles. The van der Waals surface area contributed by atoms with Gasteiger partial charge in [-0.25, -0.2) is 0 Å². The summed E-state index contributed by atoms with van der Waals surface area (Å²) in [5.41, 5.74) is 0.617. The zero-order valence-electron chi connectivity index (χ0n) is 4.00. The van der Waals surface area contributed by atoms with Crippen LogP contribution in [0.3, 0.4) is 0 Å². The molecule has 1 heterocycles. The van der Waals surface area contributed by atoms with Gasteiger partial charge in [-0.15, -0.1) is 0 Å². The Bertz CT molecular complexity index is 198. The summed E-state index contributed by atoms with van der Waals surface area (Å²) in [5.74, 6) is 0. The summed E-state index contributed by atoms with van der Waals surface area (Å²) in [6.07, 6.45) is 0. The Morgan fingerprint density at radius 2 is 2.38 bits per heavy atom. The van der Waals surface area contributed by atoms with E-state index in [0.29, 0.717) is 10.8 Å². The minimum atomic E-state index is 0.0131. The van der Waals surface area contributed by atoms with Crippen molar-refractivity contribution in [3.63, 3.8) is 0 Å². The van der Waals surface area contributed by atoms with Gasteiger partial charge in [0, 0.05) is 10.7 Å². The molecule has 0 aliphatic rings. The largest absolute Gasteiger partial charge is 0.269 e. The van der Waals surface area contributed by atoms with Gasteiger partial charge in [0.25, 0.3) is 0 Å². The molecule has 0 aliphatic heterocycles. The predicted octanol–water partition coefficient (Wildman–Crippen LogP) is 0.459. The fourth-order valence-corrected chi connectivity index (χ4v) is 1.59. The molecule has 0 saturated heterocycles. The van der Waals surface area contributed by atoms with Crippen LogP contribution >= 0.6 is 19.8 Å². The molecule has 4 heteroatoms. The first-order chi connectivity index (χ1) is 3.84. The highest BCUT2D eigenvalue weighted by molar-refractivity contribution is 7.36. The van der Waals surface area contributed by atoms with Crippen LogP contribution in [0.15, 0.2) is 10.8 Å². The van der Waals surface area contributed by atoms with Crippen molar-refractivity contribution in [1.82, 2.24) is 0 Å². The molecule has 0 spiro atoms. The highest BCUT2D eigenvalue weighted by Gasteiger charge is 1.94. The van der Waals surface area contributed by atoms with E-state index in [0.717, 1.165) is 0 Å². The van der Waals surface area contributed by atoms with Gasteiger partial charge in [0.2, 0.25) is 0 Å². The molecule has 0 fully saturated rings. The molecule has 0 aliphatic carbocycles. The third kappa shape index (κ3) is 0.986. The summed E-state index contributed by atoms with van der Waals surface area (Å²) < 4.78 is 10.1. The van der Waals surface area contributed by atoms with E-state index in [2.05, 4.69) is 0 Å². The van der Waals surface area contributed by atoms with Gasteiger partial charge >= 0.3 is 0 Å². The van der Waals surface area contributed by atoms with Crippen molar-refractivity contribution in [2.24, 2.45) is 0 Å². The second-order valence-electron chi connectivity index (χ2n) is 1.30. The number of rotatable bonds is 1. The molecule has 0 unspecified atom stereocenters. The van der Waals surface area contributed by atoms with Crippen molar-refractivity contribution in [3.8, 4) is 0 Å². The van der Waals surface area contributed by atoms with Gasteiger partial charge in [-0.05, 0) is 5.38 Å². The van der Waals surface area contributed by atoms with Gasteiger partial charge in [0.15, 0.2) is 8.46 Å². The highest BCUT2D eigenvalue weighted by Crippen LogP contribution is 1.96. The van der Waals surface area contributed by atoms with E-state index >= 15 is 0 Å². The SMILES string of the molecule is [B]c1cscc1P=O. The number of hydrogen-bond donors (Lipinski definition) is 0. The zero-order valence-corrected chi connectivity index (χ0v) is 5.71. The maximum absolute atomic E-state index is 10.1. The quantitative estimate of drug-likeness (QED) is 0.409. The first-order valence-electron chi connectivity index (χ1n) is 1.99. The van der Waals surface area contributed by atoms with Crippen LogP contribution in [-0.4, -0.2) is 7.85 Å². The molecule has 0 saturated carbocycles. The molecule has 0 atom stereocenters. The Balaban J connectivity index is 3.09. The third-order valence-corrected chi connectivity index (χ3v) is 2.29. The minimum absolute atomic E-state index is 0.0131. The van der Waals surface area contributed by atoms with E-state index in [1.54, 1.807) is 10.8 Å². The second-order valence-corrected chi connectivity index (χ2v) is 2.71. The lowest BCUT2D eigenvalue weighted by Gasteiger charge is -1.77. The van der Waals surface area contributed by atoms with E-state index in [1.807, 2.05) is 0 Å². The lowest BCUT2D eigenvalue weighted by Crippen LogP contribution is -2.13. The highest BCUT2D eigenvalue weighted by atomic mass is 32.1. The average molecular weight is 140 g/mol. The summed E-state index contributed by atoms with van der Waals surface area (Å²) >= 11 is 1.46. The van der Waals surface area contributed by atoms with Crippen LogP contribution in [0.25, 0.3) is 0 Å². The van der Waals surface area contributed by atoms with Crippen LogP contribution in [0.4, 0.5) is 0 Å². The number of hydrogen-bond acceptors (Lipinski definition) is 2. The van der Waals surface area contributed by atoms with Gasteiger partial charge in [-0.1, -0.05) is 5.46 Å². The van der Waals surface area contributed by atoms with Crippen LogP contribution in [-0.2, 0) is 4.57 Å². The third-order valence-electron chi connectivity index (χ3n) is 0.769. The van der Waals surface area contributed by atoms with Gasteiger partial charge in [0.1, 0.15) is 7.85 Å². The Labute approximate surface area is 54.3 Å². The van der Waals surface area contributed by atoms with Crippen molar-refractivity contribution in [2.45, 2.75) is 0 Å².